The number of carboxylic acid groups (broad SMARTS) is 1. The van der Waals surface area contributed by atoms with Crippen LogP contribution in [-0.4, -0.2) is 75.5 Å². The van der Waals surface area contributed by atoms with Crippen LogP contribution in [0.15, 0.2) is 109 Å². The van der Waals surface area contributed by atoms with Gasteiger partial charge in [0.2, 0.25) is 0 Å². The van der Waals surface area contributed by atoms with Crippen molar-refractivity contribution in [3.05, 3.63) is 109 Å². The SMILES string of the molecule is CC/C=C/C/C=C/C/C=C/C/C=C/C/C=C/C/C=C/CCCCC(=O)OCC(COCCC(C(=O)[O-])[N+](C)(C)C)OC(=O)CCC/C=C/C/C=C/C/C=C/CC. The molecule has 56 heavy (non-hydrogen) atoms. The van der Waals surface area contributed by atoms with Gasteiger partial charge in [-0.3, -0.25) is 9.59 Å². The second kappa shape index (κ2) is 37.9. The van der Waals surface area contributed by atoms with Crippen molar-refractivity contribution < 1.29 is 38.2 Å². The summed E-state index contributed by atoms with van der Waals surface area (Å²) in [6.07, 6.45) is 51.4. The van der Waals surface area contributed by atoms with Gasteiger partial charge in [-0.05, 0) is 89.9 Å². The van der Waals surface area contributed by atoms with Gasteiger partial charge in [0.05, 0.1) is 40.3 Å². The van der Waals surface area contributed by atoms with E-state index in [-0.39, 0.29) is 55.5 Å². The number of hydrogen-bond donors (Lipinski definition) is 0. The Balaban J connectivity index is 4.48. The lowest BCUT2D eigenvalue weighted by molar-refractivity contribution is -0.889. The van der Waals surface area contributed by atoms with Crippen LogP contribution in [0.25, 0.3) is 0 Å². The number of carbonyl (C=O) groups is 3. The first-order valence-electron chi connectivity index (χ1n) is 20.9. The van der Waals surface area contributed by atoms with Crippen LogP contribution in [-0.2, 0) is 28.6 Å². The van der Waals surface area contributed by atoms with Crippen LogP contribution >= 0.6 is 0 Å². The van der Waals surface area contributed by atoms with E-state index >= 15 is 0 Å². The lowest BCUT2D eigenvalue weighted by Crippen LogP contribution is -2.55. The minimum absolute atomic E-state index is 0.00169. The van der Waals surface area contributed by atoms with Crippen molar-refractivity contribution in [2.45, 2.75) is 135 Å². The average molecular weight is 778 g/mol. The van der Waals surface area contributed by atoms with Gasteiger partial charge in [-0.2, -0.15) is 0 Å². The van der Waals surface area contributed by atoms with Crippen LogP contribution in [0.4, 0.5) is 0 Å². The molecule has 314 valence electrons. The zero-order valence-corrected chi connectivity index (χ0v) is 35.5. The fraction of sp³-hybridized carbons (Fsp3) is 0.562. The van der Waals surface area contributed by atoms with Crippen molar-refractivity contribution in [3.8, 4) is 0 Å². The monoisotopic (exact) mass is 778 g/mol. The molecule has 0 aromatic rings. The number of esters is 2. The summed E-state index contributed by atoms with van der Waals surface area (Å²) in [6.45, 7) is 4.28. The van der Waals surface area contributed by atoms with E-state index in [1.54, 1.807) is 21.1 Å². The molecule has 2 unspecified atom stereocenters. The van der Waals surface area contributed by atoms with Crippen molar-refractivity contribution >= 4 is 17.9 Å². The molecule has 0 aromatic carbocycles. The van der Waals surface area contributed by atoms with Crippen molar-refractivity contribution in [1.82, 2.24) is 0 Å². The van der Waals surface area contributed by atoms with Crippen LogP contribution < -0.4 is 5.11 Å². The molecule has 0 bridgehead atoms. The maximum Gasteiger partial charge on any atom is 0.306 e. The maximum atomic E-state index is 12.6. The Bertz CT molecular complexity index is 1280. The third-order valence-electron chi connectivity index (χ3n) is 8.40. The van der Waals surface area contributed by atoms with Crippen molar-refractivity contribution in [1.29, 1.82) is 0 Å². The molecule has 0 N–H and O–H groups in total. The number of rotatable bonds is 35. The number of carbonyl (C=O) groups excluding carboxylic acids is 3. The number of carboxylic acids is 1. The first kappa shape index (κ1) is 52.0. The number of hydrogen-bond acceptors (Lipinski definition) is 7. The summed E-state index contributed by atoms with van der Waals surface area (Å²) in [4.78, 5) is 36.7. The van der Waals surface area contributed by atoms with E-state index in [1.165, 1.54) is 0 Å². The molecule has 0 fully saturated rings. The largest absolute Gasteiger partial charge is 0.544 e. The number of quaternary nitrogens is 1. The number of aliphatic carboxylic acids is 1. The minimum Gasteiger partial charge on any atom is -0.544 e. The summed E-state index contributed by atoms with van der Waals surface area (Å²) in [5.74, 6) is -1.88. The summed E-state index contributed by atoms with van der Waals surface area (Å²) in [5, 5.41) is 11.6. The van der Waals surface area contributed by atoms with E-state index in [2.05, 4.69) is 123 Å². The Kier molecular flexibility index (Phi) is 35.2. The molecule has 0 saturated heterocycles. The van der Waals surface area contributed by atoms with Crippen LogP contribution in [0.2, 0.25) is 0 Å². The van der Waals surface area contributed by atoms with E-state index in [4.69, 9.17) is 14.2 Å². The summed E-state index contributed by atoms with van der Waals surface area (Å²) in [7, 11) is 5.35. The van der Waals surface area contributed by atoms with Gasteiger partial charge in [-0.1, -0.05) is 123 Å². The van der Waals surface area contributed by atoms with E-state index in [9.17, 15) is 19.5 Å². The number of likely N-dealkylation sites (N-methyl/N-ethyl adjacent to an activating group) is 1. The highest BCUT2D eigenvalue weighted by Crippen LogP contribution is 2.10. The van der Waals surface area contributed by atoms with Crippen LogP contribution in [0.1, 0.15) is 123 Å². The predicted molar refractivity (Wildman–Crippen MR) is 231 cm³/mol. The third-order valence-corrected chi connectivity index (χ3v) is 8.40. The molecule has 2 atom stereocenters. The smallest absolute Gasteiger partial charge is 0.306 e. The second-order valence-electron chi connectivity index (χ2n) is 14.5. The lowest BCUT2D eigenvalue weighted by atomic mass is 10.1. The van der Waals surface area contributed by atoms with E-state index in [1.807, 2.05) is 0 Å². The molecule has 0 saturated carbocycles. The van der Waals surface area contributed by atoms with Gasteiger partial charge in [0, 0.05) is 19.3 Å². The molecule has 8 nitrogen and oxygen atoms in total. The van der Waals surface area contributed by atoms with Gasteiger partial charge in [0.25, 0.3) is 0 Å². The fourth-order valence-electron chi connectivity index (χ4n) is 5.21. The molecule has 0 amide bonds. The highest BCUT2D eigenvalue weighted by molar-refractivity contribution is 5.70. The minimum atomic E-state index is -1.15. The summed E-state index contributed by atoms with van der Waals surface area (Å²) >= 11 is 0. The van der Waals surface area contributed by atoms with Crippen LogP contribution in [0.3, 0.4) is 0 Å². The molecule has 0 aliphatic heterocycles. The topological polar surface area (TPSA) is 102 Å². The third kappa shape index (κ3) is 35.7. The van der Waals surface area contributed by atoms with E-state index in [0.717, 1.165) is 77.0 Å². The van der Waals surface area contributed by atoms with Crippen molar-refractivity contribution in [2.75, 3.05) is 41.0 Å². The molecular weight excluding hydrogens is 703 g/mol. The zero-order valence-electron chi connectivity index (χ0n) is 35.5. The Morgan fingerprint density at radius 2 is 0.946 bits per heavy atom. The van der Waals surface area contributed by atoms with Crippen LogP contribution in [0, 0.1) is 0 Å². The van der Waals surface area contributed by atoms with Crippen molar-refractivity contribution in [2.24, 2.45) is 0 Å². The Morgan fingerprint density at radius 1 is 0.536 bits per heavy atom. The summed E-state index contributed by atoms with van der Waals surface area (Å²) in [6, 6.07) is -0.747. The molecular formula is C48H75NO7. The zero-order chi connectivity index (χ0) is 41.4. The molecule has 0 spiro atoms. The summed E-state index contributed by atoms with van der Waals surface area (Å²) < 4.78 is 17.0. The van der Waals surface area contributed by atoms with E-state index in [0.29, 0.717) is 12.8 Å². The quantitative estimate of drug-likeness (QED) is 0.0273. The maximum absolute atomic E-state index is 12.6. The second-order valence-corrected chi connectivity index (χ2v) is 14.5. The average Bonchev–Trinajstić information content (AvgIpc) is 3.15. The van der Waals surface area contributed by atoms with Gasteiger partial charge in [0.15, 0.2) is 6.10 Å². The molecule has 0 aromatic heterocycles. The molecule has 0 aliphatic carbocycles. The Hall–Kier alpha value is -4.01. The first-order valence-corrected chi connectivity index (χ1v) is 20.9. The molecule has 0 aliphatic rings. The standard InChI is InChI=1S/C48H75NO7/c1-6-8-10-12-14-16-18-19-20-21-22-23-24-25-26-27-29-30-32-34-36-38-46(50)55-43-44(42-54-41-40-45(48(52)53)49(3,4)5)56-47(51)39-37-35-33-31-28-17-15-13-11-9-7-2/h8-11,14-17,19-20,22-23,25-26,29-31,33,44-45H,6-7,12-13,18,21,24,27-28,32,34-43H2,1-5H3/b10-8+,11-9+,16-14+,17-15+,20-19+,23-22+,26-25+,30-29+,33-31+. The predicted octanol–water partition coefficient (Wildman–Crippen LogP) is 9.96. The first-order chi connectivity index (χ1) is 27.1. The normalized spacial score (nSPS) is 14.1. The number of ether oxygens (including phenoxy) is 3. The highest BCUT2D eigenvalue weighted by atomic mass is 16.6. The lowest BCUT2D eigenvalue weighted by Gasteiger charge is -2.34. The van der Waals surface area contributed by atoms with Gasteiger partial charge in [-0.15, -0.1) is 0 Å². The van der Waals surface area contributed by atoms with Gasteiger partial charge < -0.3 is 28.6 Å². The van der Waals surface area contributed by atoms with Gasteiger partial charge in [-0.25, -0.2) is 0 Å². The highest BCUT2D eigenvalue weighted by Gasteiger charge is 2.25. The molecule has 0 radical (unpaired) electrons. The number of allylic oxidation sites excluding steroid dienone is 18. The number of nitrogens with zero attached hydrogens (tertiary/aromatic N) is 1. The summed E-state index contributed by atoms with van der Waals surface area (Å²) in [5.41, 5.74) is 0. The Morgan fingerprint density at radius 3 is 1.38 bits per heavy atom. The number of unbranched alkanes of at least 4 members (excludes halogenated alkanes) is 3. The molecule has 0 heterocycles. The molecule has 8 heteroatoms. The van der Waals surface area contributed by atoms with Gasteiger partial charge in [0.1, 0.15) is 12.6 Å². The van der Waals surface area contributed by atoms with Gasteiger partial charge >= 0.3 is 11.9 Å². The van der Waals surface area contributed by atoms with Crippen LogP contribution in [0.5, 0.6) is 0 Å². The molecule has 0 rings (SSSR count). The Labute approximate surface area is 340 Å². The fourth-order valence-corrected chi connectivity index (χ4v) is 5.21. The van der Waals surface area contributed by atoms with E-state index < -0.39 is 18.1 Å². The van der Waals surface area contributed by atoms with Crippen molar-refractivity contribution in [3.63, 3.8) is 0 Å².